The number of hydrogen-bond acceptors (Lipinski definition) is 5. The lowest BCUT2D eigenvalue weighted by Gasteiger charge is -2.15. The first kappa shape index (κ1) is 25.8. The van der Waals surface area contributed by atoms with Crippen LogP contribution in [0.15, 0.2) is 42.7 Å². The van der Waals surface area contributed by atoms with Crippen LogP contribution < -0.4 is 20.1 Å². The average Bonchev–Trinajstić information content (AvgIpc) is 3.54. The predicted molar refractivity (Wildman–Crippen MR) is 144 cm³/mol. The van der Waals surface area contributed by atoms with Crippen LogP contribution in [-0.2, 0) is 13.1 Å². The van der Waals surface area contributed by atoms with E-state index in [-0.39, 0.29) is 6.03 Å². The van der Waals surface area contributed by atoms with E-state index in [0.29, 0.717) is 36.3 Å². The number of hydrogen-bond donors (Lipinski definition) is 2. The zero-order chi connectivity index (χ0) is 25.3. The van der Waals surface area contributed by atoms with Gasteiger partial charge < -0.3 is 29.6 Å². The van der Waals surface area contributed by atoms with Crippen molar-refractivity contribution < 1.29 is 14.3 Å². The summed E-state index contributed by atoms with van der Waals surface area (Å²) in [5.41, 5.74) is 2.65. The van der Waals surface area contributed by atoms with E-state index in [4.69, 9.17) is 9.47 Å². The second-order valence-corrected chi connectivity index (χ2v) is 9.82. The summed E-state index contributed by atoms with van der Waals surface area (Å²) in [7, 11) is 1.62. The first-order valence-electron chi connectivity index (χ1n) is 13.0. The number of methoxy groups -OCH3 is 1. The van der Waals surface area contributed by atoms with Gasteiger partial charge in [0.2, 0.25) is 0 Å². The summed E-state index contributed by atoms with van der Waals surface area (Å²) >= 11 is 0. The highest BCUT2D eigenvalue weighted by atomic mass is 16.5. The monoisotopic (exact) mass is 493 g/mol. The number of amides is 2. The number of nitrogens with one attached hydrogen (secondary N) is 2. The quantitative estimate of drug-likeness (QED) is 0.336. The van der Waals surface area contributed by atoms with Crippen LogP contribution in [0.5, 0.6) is 11.5 Å². The molecule has 3 heterocycles. The van der Waals surface area contributed by atoms with Crippen molar-refractivity contribution in [1.29, 1.82) is 0 Å². The zero-order valence-corrected chi connectivity index (χ0v) is 21.8. The number of pyridine rings is 1. The number of urea groups is 1. The normalized spacial score (nSPS) is 13.9. The van der Waals surface area contributed by atoms with Crippen molar-refractivity contribution >= 4 is 22.8 Å². The molecule has 2 N–H and O–H groups in total. The molecule has 1 saturated heterocycles. The number of likely N-dealkylation sites (tertiary alicyclic amines) is 1. The molecule has 1 fully saturated rings. The summed E-state index contributed by atoms with van der Waals surface area (Å²) in [5.74, 6) is 1.92. The smallest absolute Gasteiger partial charge is 0.319 e. The predicted octanol–water partition coefficient (Wildman–Crippen LogP) is 5.28. The minimum Gasteiger partial charge on any atom is -0.493 e. The van der Waals surface area contributed by atoms with Crippen LogP contribution in [0, 0.1) is 5.92 Å². The largest absolute Gasteiger partial charge is 0.493 e. The lowest BCUT2D eigenvalue weighted by molar-refractivity contribution is 0.251. The van der Waals surface area contributed by atoms with Crippen LogP contribution in [0.4, 0.5) is 10.5 Å². The minimum atomic E-state index is -0.274. The van der Waals surface area contributed by atoms with Gasteiger partial charge in [0.25, 0.3) is 0 Å². The fourth-order valence-electron chi connectivity index (χ4n) is 4.63. The van der Waals surface area contributed by atoms with E-state index in [0.717, 1.165) is 42.5 Å². The van der Waals surface area contributed by atoms with Crippen LogP contribution in [0.25, 0.3) is 11.0 Å². The third kappa shape index (κ3) is 6.91. The van der Waals surface area contributed by atoms with Gasteiger partial charge in [-0.25, -0.2) is 9.78 Å². The fraction of sp³-hybridized carbons (Fsp3) is 0.500. The summed E-state index contributed by atoms with van der Waals surface area (Å²) < 4.78 is 13.5. The third-order valence-electron chi connectivity index (χ3n) is 6.65. The molecule has 0 aliphatic carbocycles. The highest BCUT2D eigenvalue weighted by Crippen LogP contribution is 2.30. The van der Waals surface area contributed by atoms with Gasteiger partial charge in [-0.05, 0) is 74.5 Å². The van der Waals surface area contributed by atoms with Gasteiger partial charge in [-0.2, -0.15) is 0 Å². The van der Waals surface area contributed by atoms with Gasteiger partial charge >= 0.3 is 6.03 Å². The SMILES string of the molecule is COc1ccc(NC(=O)NCc2ccnc3c2ccn3CCN2CCCC2)cc1OCCCC(C)C. The molecule has 36 heavy (non-hydrogen) atoms. The molecular formula is C28H39N5O3. The summed E-state index contributed by atoms with van der Waals surface area (Å²) in [4.78, 5) is 19.8. The van der Waals surface area contributed by atoms with Gasteiger partial charge in [0.15, 0.2) is 11.5 Å². The first-order valence-corrected chi connectivity index (χ1v) is 13.0. The van der Waals surface area contributed by atoms with Crippen molar-refractivity contribution in [3.63, 3.8) is 0 Å². The maximum absolute atomic E-state index is 12.7. The van der Waals surface area contributed by atoms with Crippen molar-refractivity contribution in [3.05, 3.63) is 48.3 Å². The molecule has 0 bridgehead atoms. The first-order chi connectivity index (χ1) is 17.5. The standard InChI is InChI=1S/C28H39N5O3/c1-21(2)7-6-18-36-26-19-23(8-9-25(26)35-3)31-28(34)30-20-22-10-12-29-27-24(22)11-15-33(27)17-16-32-13-4-5-14-32/h8-12,15,19,21H,4-7,13-14,16-18,20H2,1-3H3,(H2,30,31,34). The Morgan fingerprint density at radius 3 is 2.72 bits per heavy atom. The van der Waals surface area contributed by atoms with Gasteiger partial charge in [0.1, 0.15) is 5.65 Å². The molecule has 0 spiro atoms. The highest BCUT2D eigenvalue weighted by Gasteiger charge is 2.13. The molecule has 2 aromatic heterocycles. The molecule has 0 atom stereocenters. The van der Waals surface area contributed by atoms with Crippen LogP contribution in [0.1, 0.15) is 45.1 Å². The van der Waals surface area contributed by atoms with E-state index in [1.54, 1.807) is 13.2 Å². The number of nitrogens with zero attached hydrogens (tertiary/aromatic N) is 3. The van der Waals surface area contributed by atoms with E-state index in [1.165, 1.54) is 25.9 Å². The Kier molecular flexibility index (Phi) is 9.06. The number of ether oxygens (including phenoxy) is 2. The van der Waals surface area contributed by atoms with E-state index >= 15 is 0 Å². The molecule has 3 aromatic rings. The lowest BCUT2D eigenvalue weighted by atomic mass is 10.1. The van der Waals surface area contributed by atoms with Crippen molar-refractivity contribution in [2.45, 2.75) is 52.6 Å². The number of carbonyl (C=O) groups excluding carboxylic acids is 1. The van der Waals surface area contributed by atoms with Gasteiger partial charge in [0.05, 0.1) is 13.7 Å². The lowest BCUT2D eigenvalue weighted by Crippen LogP contribution is -2.28. The third-order valence-corrected chi connectivity index (χ3v) is 6.65. The van der Waals surface area contributed by atoms with Crippen LogP contribution in [0.3, 0.4) is 0 Å². The van der Waals surface area contributed by atoms with Crippen LogP contribution in [-0.4, -0.2) is 53.8 Å². The maximum atomic E-state index is 12.7. The molecule has 1 aliphatic heterocycles. The fourth-order valence-corrected chi connectivity index (χ4v) is 4.63. The number of carbonyl (C=O) groups is 1. The minimum absolute atomic E-state index is 0.274. The molecular weight excluding hydrogens is 454 g/mol. The molecule has 8 nitrogen and oxygen atoms in total. The molecule has 194 valence electrons. The van der Waals surface area contributed by atoms with E-state index in [1.807, 2.05) is 24.4 Å². The van der Waals surface area contributed by atoms with Crippen molar-refractivity contribution in [2.24, 2.45) is 5.92 Å². The Hall–Kier alpha value is -3.26. The van der Waals surface area contributed by atoms with Gasteiger partial charge in [-0.1, -0.05) is 13.8 Å². The zero-order valence-electron chi connectivity index (χ0n) is 21.8. The molecule has 0 radical (unpaired) electrons. The molecule has 8 heteroatoms. The second-order valence-electron chi connectivity index (χ2n) is 9.82. The number of fused-ring (bicyclic) bond motifs is 1. The number of aromatic nitrogens is 2. The van der Waals surface area contributed by atoms with Crippen LogP contribution >= 0.6 is 0 Å². The van der Waals surface area contributed by atoms with Gasteiger partial charge in [0, 0.05) is 49.2 Å². The maximum Gasteiger partial charge on any atom is 0.319 e. The highest BCUT2D eigenvalue weighted by molar-refractivity contribution is 5.90. The molecule has 2 amide bonds. The topological polar surface area (TPSA) is 80.7 Å². The van der Waals surface area contributed by atoms with Crippen LogP contribution in [0.2, 0.25) is 0 Å². The number of rotatable bonds is 12. The Bertz CT molecular complexity index is 1140. The number of anilines is 1. The Balaban J connectivity index is 1.33. The molecule has 4 rings (SSSR count). The van der Waals surface area contributed by atoms with Gasteiger partial charge in [-0.15, -0.1) is 0 Å². The van der Waals surface area contributed by atoms with Gasteiger partial charge in [-0.3, -0.25) is 0 Å². The summed E-state index contributed by atoms with van der Waals surface area (Å²) in [6.07, 6.45) is 8.58. The van der Waals surface area contributed by atoms with Crippen molar-refractivity contribution in [3.8, 4) is 11.5 Å². The summed E-state index contributed by atoms with van der Waals surface area (Å²) in [5, 5.41) is 6.95. The molecule has 0 saturated carbocycles. The molecule has 1 aromatic carbocycles. The Labute approximate surface area is 214 Å². The number of benzene rings is 1. The van der Waals surface area contributed by atoms with E-state index < -0.39 is 0 Å². The average molecular weight is 494 g/mol. The van der Waals surface area contributed by atoms with Crippen molar-refractivity contribution in [1.82, 2.24) is 19.8 Å². The summed E-state index contributed by atoms with van der Waals surface area (Å²) in [6.45, 7) is 9.77. The molecule has 1 aliphatic rings. The van der Waals surface area contributed by atoms with E-state index in [9.17, 15) is 4.79 Å². The van der Waals surface area contributed by atoms with E-state index in [2.05, 4.69) is 51.2 Å². The Morgan fingerprint density at radius 2 is 1.94 bits per heavy atom. The second kappa shape index (κ2) is 12.6. The Morgan fingerprint density at radius 1 is 1.11 bits per heavy atom. The molecule has 0 unspecified atom stereocenters. The van der Waals surface area contributed by atoms with Crippen molar-refractivity contribution in [2.75, 3.05) is 38.7 Å². The summed E-state index contributed by atoms with van der Waals surface area (Å²) in [6, 6.07) is 9.20.